The van der Waals surface area contributed by atoms with Gasteiger partial charge in [-0.25, -0.2) is 13.1 Å². The first-order chi connectivity index (χ1) is 10.8. The molecule has 0 aliphatic carbocycles. The fourth-order valence-electron chi connectivity index (χ4n) is 2.15. The number of amides is 1. The van der Waals surface area contributed by atoms with Gasteiger partial charge in [0.1, 0.15) is 11.9 Å². The highest BCUT2D eigenvalue weighted by Gasteiger charge is 2.29. The molecule has 2 N–H and O–H groups in total. The highest BCUT2D eigenvalue weighted by molar-refractivity contribution is 7.88. The van der Waals surface area contributed by atoms with E-state index in [1.165, 1.54) is 0 Å². The third-order valence-electron chi connectivity index (χ3n) is 3.31. The van der Waals surface area contributed by atoms with Crippen LogP contribution in [-0.4, -0.2) is 57.5 Å². The molecule has 0 radical (unpaired) electrons. The van der Waals surface area contributed by atoms with Crippen molar-refractivity contribution in [1.82, 2.24) is 15.0 Å². The Balaban J connectivity index is 1.92. The molecule has 1 fully saturated rings. The second-order valence-electron chi connectivity index (χ2n) is 5.42. The summed E-state index contributed by atoms with van der Waals surface area (Å²) in [5, 5.41) is 2.74. The molecule has 8 nitrogen and oxygen atoms in total. The number of nitrogens with one attached hydrogen (secondary N) is 2. The third-order valence-corrected chi connectivity index (χ3v) is 3.97. The van der Waals surface area contributed by atoms with E-state index in [9.17, 15) is 13.2 Å². The molecule has 2 rings (SSSR count). The number of carbonyl (C=O) groups excluding carboxylic acids is 1. The largest absolute Gasteiger partial charge is 0.486 e. The molecular formula is C14H21N3O5S. The number of hydrogen-bond donors (Lipinski definition) is 2. The Morgan fingerprint density at radius 1 is 1.48 bits per heavy atom. The maximum Gasteiger partial charge on any atom is 0.235 e. The van der Waals surface area contributed by atoms with Gasteiger partial charge < -0.3 is 14.8 Å². The van der Waals surface area contributed by atoms with Crippen molar-refractivity contribution in [2.45, 2.75) is 25.5 Å². The monoisotopic (exact) mass is 343 g/mol. The Morgan fingerprint density at radius 3 is 2.91 bits per heavy atom. The van der Waals surface area contributed by atoms with Crippen molar-refractivity contribution in [3.8, 4) is 5.75 Å². The summed E-state index contributed by atoms with van der Waals surface area (Å²) in [6.07, 6.45) is 3.00. The molecule has 0 spiro atoms. The summed E-state index contributed by atoms with van der Waals surface area (Å²) in [4.78, 5) is 16.0. The number of ether oxygens (including phenoxy) is 2. The van der Waals surface area contributed by atoms with E-state index in [4.69, 9.17) is 9.47 Å². The van der Waals surface area contributed by atoms with Crippen LogP contribution in [0.3, 0.4) is 0 Å². The summed E-state index contributed by atoms with van der Waals surface area (Å²) in [5.74, 6) is 0.192. The van der Waals surface area contributed by atoms with Crippen LogP contribution < -0.4 is 14.8 Å². The second kappa shape index (κ2) is 7.71. The van der Waals surface area contributed by atoms with Crippen molar-refractivity contribution in [3.63, 3.8) is 0 Å². The first-order valence-electron chi connectivity index (χ1n) is 7.24. The normalized spacial score (nSPS) is 21.7. The summed E-state index contributed by atoms with van der Waals surface area (Å²) in [5.41, 5.74) is 0.890. The van der Waals surface area contributed by atoms with Crippen LogP contribution in [0.4, 0.5) is 0 Å². The van der Waals surface area contributed by atoms with Gasteiger partial charge in [-0.15, -0.1) is 0 Å². The van der Waals surface area contributed by atoms with Crippen LogP contribution in [0, 0.1) is 6.92 Å². The molecule has 1 amide bonds. The van der Waals surface area contributed by atoms with Gasteiger partial charge in [0.25, 0.3) is 0 Å². The lowest BCUT2D eigenvalue weighted by Crippen LogP contribution is -2.53. The average Bonchev–Trinajstić information content (AvgIpc) is 2.49. The molecule has 0 unspecified atom stereocenters. The third kappa shape index (κ3) is 6.12. The Labute approximate surface area is 135 Å². The SMILES string of the molecule is Cc1ccc(O[C@H]2CCOC[C@H]2NC(=O)CNS(C)(=O)=O)cn1. The molecular weight excluding hydrogens is 322 g/mol. The maximum absolute atomic E-state index is 11.8. The fourth-order valence-corrected chi connectivity index (χ4v) is 2.54. The molecule has 1 aromatic rings. The number of aryl methyl sites for hydroxylation is 1. The van der Waals surface area contributed by atoms with E-state index in [-0.39, 0.29) is 18.7 Å². The minimum absolute atomic E-state index is 0.254. The van der Waals surface area contributed by atoms with Crippen LogP contribution in [0.2, 0.25) is 0 Å². The average molecular weight is 343 g/mol. The van der Waals surface area contributed by atoms with Gasteiger partial charge >= 0.3 is 0 Å². The second-order valence-corrected chi connectivity index (χ2v) is 7.26. The minimum Gasteiger partial charge on any atom is -0.486 e. The lowest BCUT2D eigenvalue weighted by Gasteiger charge is -2.32. The number of pyridine rings is 1. The van der Waals surface area contributed by atoms with Gasteiger partial charge in [0.2, 0.25) is 15.9 Å². The molecule has 1 saturated heterocycles. The molecule has 1 aliphatic heterocycles. The number of sulfonamides is 1. The van der Waals surface area contributed by atoms with Crippen LogP contribution in [0.5, 0.6) is 5.75 Å². The van der Waals surface area contributed by atoms with Crippen LogP contribution in [0.1, 0.15) is 12.1 Å². The highest BCUT2D eigenvalue weighted by Crippen LogP contribution is 2.17. The smallest absolute Gasteiger partial charge is 0.235 e. The zero-order valence-electron chi connectivity index (χ0n) is 13.1. The molecule has 0 saturated carbocycles. The summed E-state index contributed by atoms with van der Waals surface area (Å²) in [6.45, 7) is 2.43. The summed E-state index contributed by atoms with van der Waals surface area (Å²) < 4.78 is 35.4. The van der Waals surface area contributed by atoms with Crippen molar-refractivity contribution < 1.29 is 22.7 Å². The molecule has 0 aromatic carbocycles. The first-order valence-corrected chi connectivity index (χ1v) is 9.14. The van der Waals surface area contributed by atoms with Crippen LogP contribution in [0.25, 0.3) is 0 Å². The molecule has 1 aromatic heterocycles. The van der Waals surface area contributed by atoms with Crippen molar-refractivity contribution in [2.24, 2.45) is 0 Å². The number of aromatic nitrogens is 1. The Kier molecular flexibility index (Phi) is 5.91. The van der Waals surface area contributed by atoms with Crippen LogP contribution >= 0.6 is 0 Å². The Hall–Kier alpha value is -1.71. The van der Waals surface area contributed by atoms with Gasteiger partial charge in [-0.1, -0.05) is 0 Å². The van der Waals surface area contributed by atoms with E-state index in [0.29, 0.717) is 25.4 Å². The van der Waals surface area contributed by atoms with Crippen molar-refractivity contribution >= 4 is 15.9 Å². The van der Waals surface area contributed by atoms with Gasteiger partial charge in [-0.2, -0.15) is 0 Å². The lowest BCUT2D eigenvalue weighted by molar-refractivity contribution is -0.123. The molecule has 2 atom stereocenters. The summed E-state index contributed by atoms with van der Waals surface area (Å²) >= 11 is 0. The minimum atomic E-state index is -3.41. The Bertz CT molecular complexity index is 632. The van der Waals surface area contributed by atoms with Crippen LogP contribution in [-0.2, 0) is 19.6 Å². The highest BCUT2D eigenvalue weighted by atomic mass is 32.2. The zero-order chi connectivity index (χ0) is 16.9. The van der Waals surface area contributed by atoms with E-state index in [1.54, 1.807) is 6.20 Å². The number of rotatable bonds is 6. The van der Waals surface area contributed by atoms with Crippen molar-refractivity contribution in [3.05, 3.63) is 24.0 Å². The Morgan fingerprint density at radius 2 is 2.26 bits per heavy atom. The molecule has 0 bridgehead atoms. The van der Waals surface area contributed by atoms with Gasteiger partial charge in [-0.05, 0) is 19.1 Å². The predicted molar refractivity (Wildman–Crippen MR) is 83.6 cm³/mol. The van der Waals surface area contributed by atoms with Crippen molar-refractivity contribution in [2.75, 3.05) is 26.0 Å². The number of hydrogen-bond acceptors (Lipinski definition) is 6. The standard InChI is InChI=1S/C14H21N3O5S/c1-10-3-4-11(7-15-10)22-13-5-6-21-9-12(13)17-14(18)8-16-23(2,19)20/h3-4,7,12-13,16H,5-6,8-9H2,1-2H3,(H,17,18)/t12-,13+/m1/s1. The van der Waals surface area contributed by atoms with E-state index in [0.717, 1.165) is 11.9 Å². The van der Waals surface area contributed by atoms with Crippen LogP contribution in [0.15, 0.2) is 18.3 Å². The van der Waals surface area contributed by atoms with Gasteiger partial charge in [0, 0.05) is 12.1 Å². The van der Waals surface area contributed by atoms with Crippen molar-refractivity contribution in [1.29, 1.82) is 0 Å². The van der Waals surface area contributed by atoms with Gasteiger partial charge in [0.15, 0.2) is 0 Å². The predicted octanol–water partition coefficient (Wildman–Crippen LogP) is -0.408. The fraction of sp³-hybridized carbons (Fsp3) is 0.571. The molecule has 9 heteroatoms. The lowest BCUT2D eigenvalue weighted by atomic mass is 10.1. The van der Waals surface area contributed by atoms with Gasteiger partial charge in [0.05, 0.1) is 38.3 Å². The van der Waals surface area contributed by atoms with E-state index in [1.807, 2.05) is 19.1 Å². The number of carbonyl (C=O) groups is 1. The summed E-state index contributed by atoms with van der Waals surface area (Å²) in [7, 11) is -3.41. The zero-order valence-corrected chi connectivity index (χ0v) is 13.9. The quantitative estimate of drug-likeness (QED) is 0.727. The topological polar surface area (TPSA) is 107 Å². The summed E-state index contributed by atoms with van der Waals surface area (Å²) in [6, 6.07) is 3.32. The molecule has 23 heavy (non-hydrogen) atoms. The van der Waals surface area contributed by atoms with E-state index < -0.39 is 15.9 Å². The van der Waals surface area contributed by atoms with Gasteiger partial charge in [-0.3, -0.25) is 9.78 Å². The maximum atomic E-state index is 11.8. The van der Waals surface area contributed by atoms with E-state index in [2.05, 4.69) is 15.0 Å². The number of nitrogens with zero attached hydrogens (tertiary/aromatic N) is 1. The first kappa shape index (κ1) is 17.6. The molecule has 1 aliphatic rings. The molecule has 128 valence electrons. The molecule has 2 heterocycles. The van der Waals surface area contributed by atoms with E-state index >= 15 is 0 Å².